The van der Waals surface area contributed by atoms with Gasteiger partial charge in [0.15, 0.2) is 11.0 Å². The lowest BCUT2D eigenvalue weighted by molar-refractivity contribution is -0.121. The van der Waals surface area contributed by atoms with Crippen LogP contribution in [0.25, 0.3) is 11.4 Å². The van der Waals surface area contributed by atoms with Gasteiger partial charge in [-0.1, -0.05) is 11.8 Å². The molecule has 0 spiro atoms. The van der Waals surface area contributed by atoms with Crippen molar-refractivity contribution in [2.24, 2.45) is 0 Å². The maximum atomic E-state index is 12.3. The quantitative estimate of drug-likeness (QED) is 0.433. The third-order valence-corrected chi connectivity index (χ3v) is 5.07. The fourth-order valence-corrected chi connectivity index (χ4v) is 3.37. The van der Waals surface area contributed by atoms with E-state index in [0.29, 0.717) is 31.0 Å². The van der Waals surface area contributed by atoms with E-state index in [1.165, 1.54) is 11.8 Å². The van der Waals surface area contributed by atoms with Crippen molar-refractivity contribution < 1.29 is 9.53 Å². The van der Waals surface area contributed by atoms with Gasteiger partial charge < -0.3 is 10.1 Å². The van der Waals surface area contributed by atoms with Gasteiger partial charge in [0.05, 0.1) is 13.7 Å². The fourth-order valence-electron chi connectivity index (χ4n) is 2.91. The van der Waals surface area contributed by atoms with Gasteiger partial charge in [-0.05, 0) is 56.4 Å². The zero-order valence-electron chi connectivity index (χ0n) is 16.9. The Morgan fingerprint density at radius 2 is 1.83 bits per heavy atom. The molecule has 3 rings (SSSR count). The Balaban J connectivity index is 1.53. The summed E-state index contributed by atoms with van der Waals surface area (Å²) >= 11 is 1.51. The lowest BCUT2D eigenvalue weighted by Gasteiger charge is -2.10. The highest BCUT2D eigenvalue weighted by atomic mass is 32.2. The molecule has 8 nitrogen and oxygen atoms in total. The van der Waals surface area contributed by atoms with Crippen molar-refractivity contribution in [1.29, 1.82) is 0 Å². The predicted molar refractivity (Wildman–Crippen MR) is 112 cm³/mol. The molecule has 0 aliphatic carbocycles. The Morgan fingerprint density at radius 1 is 1.14 bits per heavy atom. The Labute approximate surface area is 173 Å². The molecule has 152 valence electrons. The second-order valence-corrected chi connectivity index (χ2v) is 7.24. The summed E-state index contributed by atoms with van der Waals surface area (Å²) in [4.78, 5) is 25.6. The van der Waals surface area contributed by atoms with E-state index in [9.17, 15) is 4.79 Å². The first-order valence-electron chi connectivity index (χ1n) is 9.20. The molecule has 1 amide bonds. The molecule has 0 bridgehead atoms. The number of rotatable bonds is 8. The van der Waals surface area contributed by atoms with E-state index < -0.39 is 0 Å². The largest absolute Gasteiger partial charge is 0.497 e. The molecule has 9 heteroatoms. The summed E-state index contributed by atoms with van der Waals surface area (Å²) in [6.07, 6.45) is 2.92. The van der Waals surface area contributed by atoms with Gasteiger partial charge in [0.25, 0.3) is 0 Å². The lowest BCUT2D eigenvalue weighted by Crippen LogP contribution is -2.24. The maximum Gasteiger partial charge on any atom is 0.220 e. The average Bonchev–Trinajstić information content (AvgIpc) is 3.20. The van der Waals surface area contributed by atoms with Crippen LogP contribution in [0.2, 0.25) is 0 Å². The van der Waals surface area contributed by atoms with E-state index in [1.54, 1.807) is 7.11 Å². The van der Waals surface area contributed by atoms with Gasteiger partial charge in [0.1, 0.15) is 11.6 Å². The summed E-state index contributed by atoms with van der Waals surface area (Å²) < 4.78 is 5.15. The van der Waals surface area contributed by atoms with E-state index in [0.717, 1.165) is 33.4 Å². The number of carbonyl (C=O) groups is 1. The predicted octanol–water partition coefficient (Wildman–Crippen LogP) is 2.86. The van der Waals surface area contributed by atoms with Crippen molar-refractivity contribution in [2.45, 2.75) is 38.4 Å². The number of aromatic nitrogens is 5. The summed E-state index contributed by atoms with van der Waals surface area (Å²) in [5, 5.41) is 10.7. The molecule has 0 aliphatic rings. The number of nitrogens with one attached hydrogen (secondary N) is 2. The van der Waals surface area contributed by atoms with Crippen molar-refractivity contribution in [1.82, 2.24) is 30.5 Å². The molecule has 2 heterocycles. The van der Waals surface area contributed by atoms with E-state index in [1.807, 2.05) is 44.4 Å². The van der Waals surface area contributed by atoms with Crippen molar-refractivity contribution in [3.63, 3.8) is 0 Å². The summed E-state index contributed by atoms with van der Waals surface area (Å²) in [7, 11) is 1.62. The van der Waals surface area contributed by atoms with E-state index in [2.05, 4.69) is 30.5 Å². The number of methoxy groups -OCH3 is 1. The second kappa shape index (κ2) is 9.51. The highest BCUT2D eigenvalue weighted by Crippen LogP contribution is 2.19. The number of benzene rings is 1. The zero-order valence-corrected chi connectivity index (χ0v) is 17.8. The van der Waals surface area contributed by atoms with Crippen LogP contribution < -0.4 is 10.1 Å². The number of nitrogens with zero attached hydrogens (tertiary/aromatic N) is 4. The molecule has 0 unspecified atom stereocenters. The average molecular weight is 413 g/mol. The number of thioether (sulfide) groups is 1. The minimum Gasteiger partial charge on any atom is -0.497 e. The molecule has 0 atom stereocenters. The van der Waals surface area contributed by atoms with E-state index in [-0.39, 0.29) is 5.91 Å². The fraction of sp³-hybridized carbons (Fsp3) is 0.350. The standard InChI is InChI=1S/C20H24N6O2S/c1-12-16(13(2)23-20(22-12)29-4)9-10-18(27)21-11-17-24-19(26-25-17)14-5-7-15(28-3)8-6-14/h5-8H,9-11H2,1-4H3,(H,21,27)(H,24,25,26). The van der Waals surface area contributed by atoms with Crippen LogP contribution in [0, 0.1) is 13.8 Å². The van der Waals surface area contributed by atoms with Gasteiger partial charge in [-0.3, -0.25) is 9.89 Å². The summed E-state index contributed by atoms with van der Waals surface area (Å²) in [5.74, 6) is 1.90. The van der Waals surface area contributed by atoms with Crippen LogP contribution in [0.15, 0.2) is 29.4 Å². The first-order valence-corrected chi connectivity index (χ1v) is 10.4. The first-order chi connectivity index (χ1) is 14.0. The number of ether oxygens (including phenoxy) is 1. The molecule has 0 aliphatic heterocycles. The number of hydrogen-bond acceptors (Lipinski definition) is 7. The number of hydrogen-bond donors (Lipinski definition) is 2. The van der Waals surface area contributed by atoms with Crippen molar-refractivity contribution >= 4 is 17.7 Å². The molecule has 2 aromatic heterocycles. The second-order valence-electron chi connectivity index (χ2n) is 6.47. The molecule has 0 saturated heterocycles. The van der Waals surface area contributed by atoms with Crippen molar-refractivity contribution in [3.05, 3.63) is 47.0 Å². The van der Waals surface area contributed by atoms with Gasteiger partial charge in [0.2, 0.25) is 5.91 Å². The van der Waals surface area contributed by atoms with Gasteiger partial charge in [-0.25, -0.2) is 15.0 Å². The minimum absolute atomic E-state index is 0.0554. The normalized spacial score (nSPS) is 10.8. The van der Waals surface area contributed by atoms with Crippen molar-refractivity contribution in [3.8, 4) is 17.1 Å². The molecule has 0 radical (unpaired) electrons. The Kier molecular flexibility index (Phi) is 6.82. The maximum absolute atomic E-state index is 12.3. The summed E-state index contributed by atoms with van der Waals surface area (Å²) in [6.45, 7) is 4.20. The summed E-state index contributed by atoms with van der Waals surface area (Å²) in [5.41, 5.74) is 3.75. The zero-order chi connectivity index (χ0) is 20.8. The SMILES string of the molecule is COc1ccc(-c2n[nH]c(CNC(=O)CCc3c(C)nc(SC)nc3C)n2)cc1. The molecular formula is C20H24N6O2S. The molecule has 2 N–H and O–H groups in total. The molecular weight excluding hydrogens is 388 g/mol. The lowest BCUT2D eigenvalue weighted by atomic mass is 10.1. The number of H-pyrrole nitrogens is 1. The molecule has 1 aromatic carbocycles. The Bertz CT molecular complexity index is 964. The monoisotopic (exact) mass is 412 g/mol. The minimum atomic E-state index is -0.0554. The van der Waals surface area contributed by atoms with Crippen LogP contribution in [-0.4, -0.2) is 44.4 Å². The van der Waals surface area contributed by atoms with Crippen LogP contribution in [0.5, 0.6) is 5.75 Å². The number of carbonyl (C=O) groups excluding carboxylic acids is 1. The highest BCUT2D eigenvalue weighted by molar-refractivity contribution is 7.98. The van der Waals surface area contributed by atoms with Crippen LogP contribution in [0.1, 0.15) is 29.2 Å². The van der Waals surface area contributed by atoms with Crippen LogP contribution in [0.4, 0.5) is 0 Å². The molecule has 3 aromatic rings. The Morgan fingerprint density at radius 3 is 2.45 bits per heavy atom. The molecule has 29 heavy (non-hydrogen) atoms. The third-order valence-electron chi connectivity index (χ3n) is 4.52. The number of amides is 1. The smallest absolute Gasteiger partial charge is 0.220 e. The molecule has 0 fully saturated rings. The van der Waals surface area contributed by atoms with E-state index >= 15 is 0 Å². The van der Waals surface area contributed by atoms with E-state index in [4.69, 9.17) is 4.74 Å². The topological polar surface area (TPSA) is 106 Å². The van der Waals surface area contributed by atoms with Gasteiger partial charge in [-0.15, -0.1) is 0 Å². The highest BCUT2D eigenvalue weighted by Gasteiger charge is 2.12. The molecule has 0 saturated carbocycles. The summed E-state index contributed by atoms with van der Waals surface area (Å²) in [6, 6.07) is 7.48. The van der Waals surface area contributed by atoms with Crippen LogP contribution in [-0.2, 0) is 17.8 Å². The van der Waals surface area contributed by atoms with Crippen LogP contribution in [0.3, 0.4) is 0 Å². The number of aromatic amines is 1. The first kappa shape index (κ1) is 20.8. The van der Waals surface area contributed by atoms with Gasteiger partial charge >= 0.3 is 0 Å². The number of aryl methyl sites for hydroxylation is 2. The van der Waals surface area contributed by atoms with Crippen LogP contribution >= 0.6 is 11.8 Å². The van der Waals surface area contributed by atoms with Gasteiger partial charge in [-0.2, -0.15) is 5.10 Å². The van der Waals surface area contributed by atoms with Gasteiger partial charge in [0, 0.05) is 23.4 Å². The Hall–Kier alpha value is -2.94. The third kappa shape index (κ3) is 5.32. The van der Waals surface area contributed by atoms with Crippen molar-refractivity contribution in [2.75, 3.05) is 13.4 Å².